The van der Waals surface area contributed by atoms with Gasteiger partial charge in [-0.25, -0.2) is 0 Å². The van der Waals surface area contributed by atoms with Crippen molar-refractivity contribution in [2.75, 3.05) is 4.90 Å². The van der Waals surface area contributed by atoms with Gasteiger partial charge in [0.1, 0.15) is 0 Å². The SMILES string of the molecule is c1ccc2c(c1)Cc1cccc3c1N2c1ccccc1C31c2ccccc2Cc2ccccc21. The highest BCUT2D eigenvalue weighted by Crippen LogP contribution is 2.62. The van der Waals surface area contributed by atoms with Crippen molar-refractivity contribution in [1.82, 2.24) is 0 Å². The maximum atomic E-state index is 2.53. The minimum atomic E-state index is -0.323. The van der Waals surface area contributed by atoms with E-state index in [0.29, 0.717) is 0 Å². The van der Waals surface area contributed by atoms with Crippen LogP contribution in [0, 0.1) is 0 Å². The lowest BCUT2D eigenvalue weighted by atomic mass is 9.57. The fourth-order valence-electron chi connectivity index (χ4n) is 6.90. The van der Waals surface area contributed by atoms with Gasteiger partial charge in [0.05, 0.1) is 16.8 Å². The number of para-hydroxylation sites is 3. The monoisotopic (exact) mass is 433 g/mol. The van der Waals surface area contributed by atoms with Gasteiger partial charge in [-0.3, -0.25) is 0 Å². The highest BCUT2D eigenvalue weighted by atomic mass is 15.2. The van der Waals surface area contributed by atoms with E-state index in [9.17, 15) is 0 Å². The smallest absolute Gasteiger partial charge is 0.0747 e. The molecule has 0 N–H and O–H groups in total. The Morgan fingerprint density at radius 2 is 0.912 bits per heavy atom. The van der Waals surface area contributed by atoms with E-state index in [1.807, 2.05) is 0 Å². The largest absolute Gasteiger partial charge is 0.309 e. The Bertz CT molecular complexity index is 1580. The highest BCUT2D eigenvalue weighted by molar-refractivity contribution is 5.94. The third-order valence-corrected chi connectivity index (χ3v) is 8.13. The molecule has 0 aromatic heterocycles. The summed E-state index contributed by atoms with van der Waals surface area (Å²) < 4.78 is 0. The van der Waals surface area contributed by atoms with E-state index in [1.165, 1.54) is 61.6 Å². The Balaban J connectivity index is 1.59. The molecule has 0 bridgehead atoms. The molecule has 1 nitrogen and oxygen atoms in total. The Morgan fingerprint density at radius 1 is 0.412 bits per heavy atom. The second kappa shape index (κ2) is 6.48. The average molecular weight is 434 g/mol. The van der Waals surface area contributed by atoms with Gasteiger partial charge in [-0.05, 0) is 63.1 Å². The van der Waals surface area contributed by atoms with Gasteiger partial charge in [-0.15, -0.1) is 0 Å². The zero-order valence-corrected chi connectivity index (χ0v) is 18.8. The van der Waals surface area contributed by atoms with Crippen LogP contribution < -0.4 is 4.90 Å². The number of nitrogens with zero attached hydrogens (tertiary/aromatic N) is 1. The molecule has 2 aliphatic heterocycles. The molecule has 34 heavy (non-hydrogen) atoms. The van der Waals surface area contributed by atoms with Crippen LogP contribution in [0.15, 0.2) is 115 Å². The molecule has 3 aliphatic rings. The van der Waals surface area contributed by atoms with Crippen molar-refractivity contribution in [3.63, 3.8) is 0 Å². The molecule has 8 rings (SSSR count). The van der Waals surface area contributed by atoms with E-state index >= 15 is 0 Å². The summed E-state index contributed by atoms with van der Waals surface area (Å²) in [5.74, 6) is 0. The normalized spacial score (nSPS) is 15.6. The Kier molecular flexibility index (Phi) is 3.50. The summed E-state index contributed by atoms with van der Waals surface area (Å²) in [5.41, 5.74) is 14.9. The predicted octanol–water partition coefficient (Wildman–Crippen LogP) is 7.66. The number of hydrogen-bond donors (Lipinski definition) is 0. The van der Waals surface area contributed by atoms with Gasteiger partial charge in [0.25, 0.3) is 0 Å². The summed E-state index contributed by atoms with van der Waals surface area (Å²) in [6.07, 6.45) is 1.95. The molecule has 0 atom stereocenters. The maximum Gasteiger partial charge on any atom is 0.0747 e. The second-order valence-corrected chi connectivity index (χ2v) is 9.71. The van der Waals surface area contributed by atoms with Crippen molar-refractivity contribution in [3.05, 3.63) is 160 Å². The first kappa shape index (κ1) is 18.3. The summed E-state index contributed by atoms with van der Waals surface area (Å²) in [6, 6.07) is 43.2. The van der Waals surface area contributed by atoms with Gasteiger partial charge in [0.2, 0.25) is 0 Å². The standard InChI is InChI=1S/C33H23N/c1-4-14-26-22(10-1)20-23-11-2-5-15-27(23)33(26)28-16-6-8-19-31(28)34-30-18-7-3-12-24(30)21-25-13-9-17-29(33)32(25)34/h1-19H,20-21H2. The molecule has 5 aromatic rings. The van der Waals surface area contributed by atoms with E-state index in [2.05, 4.69) is 120 Å². The summed E-state index contributed by atoms with van der Waals surface area (Å²) >= 11 is 0. The van der Waals surface area contributed by atoms with E-state index in [0.717, 1.165) is 12.8 Å². The molecule has 0 unspecified atom stereocenters. The van der Waals surface area contributed by atoms with E-state index in [4.69, 9.17) is 0 Å². The predicted molar refractivity (Wildman–Crippen MR) is 139 cm³/mol. The molecule has 2 heterocycles. The van der Waals surface area contributed by atoms with Crippen molar-refractivity contribution < 1.29 is 0 Å². The number of hydrogen-bond acceptors (Lipinski definition) is 1. The van der Waals surface area contributed by atoms with Gasteiger partial charge in [-0.1, -0.05) is 103 Å². The third kappa shape index (κ3) is 2.11. The third-order valence-electron chi connectivity index (χ3n) is 8.13. The van der Waals surface area contributed by atoms with Crippen LogP contribution in [0.3, 0.4) is 0 Å². The van der Waals surface area contributed by atoms with Crippen molar-refractivity contribution >= 4 is 17.1 Å². The Labute approximate surface area is 199 Å². The minimum Gasteiger partial charge on any atom is -0.309 e. The summed E-state index contributed by atoms with van der Waals surface area (Å²) in [4.78, 5) is 2.53. The molecular formula is C33H23N. The molecule has 1 spiro atoms. The van der Waals surface area contributed by atoms with Gasteiger partial charge < -0.3 is 4.90 Å². The van der Waals surface area contributed by atoms with Crippen LogP contribution >= 0.6 is 0 Å². The first-order valence-electron chi connectivity index (χ1n) is 12.1. The summed E-state index contributed by atoms with van der Waals surface area (Å²) in [5, 5.41) is 0. The maximum absolute atomic E-state index is 2.53. The van der Waals surface area contributed by atoms with Gasteiger partial charge >= 0.3 is 0 Å². The van der Waals surface area contributed by atoms with Crippen LogP contribution in [0.2, 0.25) is 0 Å². The van der Waals surface area contributed by atoms with Crippen LogP contribution in [0.25, 0.3) is 0 Å². The number of fused-ring (bicyclic) bond motifs is 10. The molecule has 160 valence electrons. The van der Waals surface area contributed by atoms with Crippen LogP contribution in [0.4, 0.5) is 17.1 Å². The van der Waals surface area contributed by atoms with Crippen molar-refractivity contribution in [3.8, 4) is 0 Å². The lowest BCUT2D eigenvalue weighted by Crippen LogP contribution is -2.42. The molecule has 0 amide bonds. The zero-order valence-electron chi connectivity index (χ0n) is 18.8. The average Bonchev–Trinajstić information content (AvgIpc) is 2.90. The van der Waals surface area contributed by atoms with Crippen molar-refractivity contribution in [2.45, 2.75) is 18.3 Å². The minimum absolute atomic E-state index is 0.323. The lowest BCUT2D eigenvalue weighted by molar-refractivity contribution is 0.689. The Hall–Kier alpha value is -4.10. The van der Waals surface area contributed by atoms with Crippen LogP contribution in [-0.2, 0) is 18.3 Å². The van der Waals surface area contributed by atoms with E-state index in [-0.39, 0.29) is 5.41 Å². The van der Waals surface area contributed by atoms with Gasteiger partial charge in [0, 0.05) is 12.1 Å². The molecule has 0 saturated heterocycles. The quantitative estimate of drug-likeness (QED) is 0.237. The van der Waals surface area contributed by atoms with Crippen LogP contribution in [0.5, 0.6) is 0 Å². The fraction of sp³-hybridized carbons (Fsp3) is 0.0909. The molecule has 0 radical (unpaired) electrons. The zero-order chi connectivity index (χ0) is 22.3. The first-order valence-corrected chi connectivity index (χ1v) is 12.1. The molecule has 5 aromatic carbocycles. The number of rotatable bonds is 0. The molecule has 1 aliphatic carbocycles. The topological polar surface area (TPSA) is 3.24 Å². The molecule has 1 heteroatoms. The van der Waals surface area contributed by atoms with E-state index in [1.54, 1.807) is 0 Å². The second-order valence-electron chi connectivity index (χ2n) is 9.71. The lowest BCUT2D eigenvalue weighted by Gasteiger charge is -2.51. The molecule has 0 saturated carbocycles. The highest BCUT2D eigenvalue weighted by Gasteiger charge is 2.50. The van der Waals surface area contributed by atoms with Crippen LogP contribution in [-0.4, -0.2) is 0 Å². The van der Waals surface area contributed by atoms with Crippen molar-refractivity contribution in [1.29, 1.82) is 0 Å². The summed E-state index contributed by atoms with van der Waals surface area (Å²) in [7, 11) is 0. The van der Waals surface area contributed by atoms with Crippen LogP contribution in [0.1, 0.15) is 44.5 Å². The molecule has 0 fully saturated rings. The first-order chi connectivity index (χ1) is 16.9. The van der Waals surface area contributed by atoms with Gasteiger partial charge in [0.15, 0.2) is 0 Å². The summed E-state index contributed by atoms with van der Waals surface area (Å²) in [6.45, 7) is 0. The van der Waals surface area contributed by atoms with E-state index < -0.39 is 0 Å². The number of anilines is 3. The van der Waals surface area contributed by atoms with Crippen molar-refractivity contribution in [2.24, 2.45) is 0 Å². The fourth-order valence-corrected chi connectivity index (χ4v) is 6.90. The number of benzene rings is 5. The van der Waals surface area contributed by atoms with Gasteiger partial charge in [-0.2, -0.15) is 0 Å². The Morgan fingerprint density at radius 3 is 1.65 bits per heavy atom. The molecular weight excluding hydrogens is 410 g/mol.